The topological polar surface area (TPSA) is 63.0 Å². The van der Waals surface area contributed by atoms with E-state index in [9.17, 15) is 5.11 Å². The van der Waals surface area contributed by atoms with Crippen molar-refractivity contribution >= 4 is 5.69 Å². The highest BCUT2D eigenvalue weighted by atomic mass is 16.3. The van der Waals surface area contributed by atoms with E-state index in [1.807, 2.05) is 23.9 Å². The van der Waals surface area contributed by atoms with Crippen LogP contribution in [0.3, 0.4) is 0 Å². The van der Waals surface area contributed by atoms with E-state index in [1.165, 1.54) is 44.9 Å². The fourth-order valence-electron chi connectivity index (χ4n) is 10.2. The molecule has 5 heteroatoms. The second-order valence-electron chi connectivity index (χ2n) is 14.0. The lowest BCUT2D eigenvalue weighted by Gasteiger charge is -2.57. The molecule has 2 N–H and O–H groups in total. The molecule has 208 valence electrons. The van der Waals surface area contributed by atoms with Gasteiger partial charge in [0.1, 0.15) is 0 Å². The van der Waals surface area contributed by atoms with Gasteiger partial charge in [-0.2, -0.15) is 5.10 Å². The molecule has 2 aromatic rings. The number of nitrogens with zero attached hydrogens (tertiary/aromatic N) is 3. The lowest BCUT2D eigenvalue weighted by Crippen LogP contribution is -2.52. The van der Waals surface area contributed by atoms with Crippen LogP contribution in [0.5, 0.6) is 0 Å². The lowest BCUT2D eigenvalue weighted by molar-refractivity contribution is -0.108. The van der Waals surface area contributed by atoms with Gasteiger partial charge in [0.15, 0.2) is 5.82 Å². The smallest absolute Gasteiger partial charge is 0.153 e. The highest BCUT2D eigenvalue weighted by molar-refractivity contribution is 5.50. The summed E-state index contributed by atoms with van der Waals surface area (Å²) in [5.74, 6) is 5.92. The Labute approximate surface area is 230 Å². The minimum atomic E-state index is -0.367. The largest absolute Gasteiger partial charge is 0.390 e. The summed E-state index contributed by atoms with van der Waals surface area (Å²) < 4.78 is 1.86. The van der Waals surface area contributed by atoms with Crippen LogP contribution in [-0.4, -0.2) is 31.5 Å². The summed E-state index contributed by atoms with van der Waals surface area (Å²) in [7, 11) is 0. The van der Waals surface area contributed by atoms with Gasteiger partial charge in [0.25, 0.3) is 0 Å². The molecular weight excluding hydrogens is 468 g/mol. The first-order valence-electron chi connectivity index (χ1n) is 15.7. The highest BCUT2D eigenvalue weighted by Gasteiger charge is 2.58. The molecule has 38 heavy (non-hydrogen) atoms. The van der Waals surface area contributed by atoms with Crippen molar-refractivity contribution in [3.63, 3.8) is 0 Å². The zero-order valence-corrected chi connectivity index (χ0v) is 24.4. The van der Waals surface area contributed by atoms with Crippen LogP contribution in [0.15, 0.2) is 24.4 Å². The van der Waals surface area contributed by atoms with Crippen LogP contribution in [0.4, 0.5) is 5.69 Å². The van der Waals surface area contributed by atoms with Gasteiger partial charge in [-0.3, -0.25) is 0 Å². The van der Waals surface area contributed by atoms with Crippen LogP contribution in [-0.2, 0) is 0 Å². The van der Waals surface area contributed by atoms with E-state index in [0.29, 0.717) is 17.4 Å². The number of aromatic nitrogens is 3. The summed E-state index contributed by atoms with van der Waals surface area (Å²) in [6.45, 7) is 11.4. The zero-order valence-electron chi connectivity index (χ0n) is 24.4. The average molecular weight is 519 g/mol. The van der Waals surface area contributed by atoms with E-state index >= 15 is 0 Å². The Hall–Kier alpha value is -1.88. The molecule has 6 rings (SSSR count). The molecule has 0 radical (unpaired) electrons. The molecule has 1 unspecified atom stereocenters. The first-order chi connectivity index (χ1) is 18.2. The molecule has 0 aliphatic heterocycles. The Morgan fingerprint density at radius 1 is 1.03 bits per heavy atom. The molecule has 9 atom stereocenters. The second kappa shape index (κ2) is 9.94. The van der Waals surface area contributed by atoms with Crippen LogP contribution in [0.1, 0.15) is 103 Å². The second-order valence-corrected chi connectivity index (χ2v) is 14.0. The van der Waals surface area contributed by atoms with Crippen LogP contribution in [0.25, 0.3) is 5.82 Å². The van der Waals surface area contributed by atoms with Crippen molar-refractivity contribution in [2.45, 2.75) is 117 Å². The minimum absolute atomic E-state index is 0.367. The van der Waals surface area contributed by atoms with Crippen molar-refractivity contribution in [2.75, 3.05) is 5.32 Å². The number of hydrogen-bond donors (Lipinski definition) is 2. The van der Waals surface area contributed by atoms with Gasteiger partial charge < -0.3 is 10.4 Å². The molecule has 0 bridgehead atoms. The standard InChI is InChI=1S/C33H50N4O/c1-6-16-33(38)18-14-25-24(20-33)7-8-27-26(25)13-17-32(5)28(9-10-29(27)32)22(3)34-30-11-12-31(35-23(30)4)37-19-15-21(2)36-37/h11-12,15,19,22,24-29,34,38H,6-10,13-14,16-18,20H2,1-5H3/t22?,24-,25+,26-,27-,28-,29+,32-,33-/m1/s1. The predicted octanol–water partition coefficient (Wildman–Crippen LogP) is 7.48. The van der Waals surface area contributed by atoms with E-state index in [0.717, 1.165) is 78.2 Å². The van der Waals surface area contributed by atoms with Crippen molar-refractivity contribution in [3.8, 4) is 5.82 Å². The first kappa shape index (κ1) is 26.3. The molecule has 0 aromatic carbocycles. The number of rotatable bonds is 6. The molecule has 0 saturated heterocycles. The summed E-state index contributed by atoms with van der Waals surface area (Å²) in [6.07, 6.45) is 15.8. The molecule has 5 nitrogen and oxygen atoms in total. The fourth-order valence-corrected chi connectivity index (χ4v) is 10.2. The van der Waals surface area contributed by atoms with Crippen molar-refractivity contribution in [2.24, 2.45) is 40.9 Å². The van der Waals surface area contributed by atoms with E-state index in [1.54, 1.807) is 0 Å². The highest BCUT2D eigenvalue weighted by Crippen LogP contribution is 2.65. The Morgan fingerprint density at radius 2 is 1.84 bits per heavy atom. The molecule has 4 fully saturated rings. The van der Waals surface area contributed by atoms with Crippen LogP contribution < -0.4 is 5.32 Å². The van der Waals surface area contributed by atoms with Gasteiger partial charge in [-0.05, 0) is 144 Å². The van der Waals surface area contributed by atoms with Crippen LogP contribution in [0, 0.1) is 54.8 Å². The summed E-state index contributed by atoms with van der Waals surface area (Å²) in [4.78, 5) is 4.87. The molecule has 0 spiro atoms. The summed E-state index contributed by atoms with van der Waals surface area (Å²) >= 11 is 0. The molecule has 4 saturated carbocycles. The van der Waals surface area contributed by atoms with Crippen LogP contribution in [0.2, 0.25) is 0 Å². The summed E-state index contributed by atoms with van der Waals surface area (Å²) in [5, 5.41) is 19.6. The van der Waals surface area contributed by atoms with E-state index < -0.39 is 0 Å². The quantitative estimate of drug-likeness (QED) is 0.416. The van der Waals surface area contributed by atoms with Crippen molar-refractivity contribution in [3.05, 3.63) is 35.8 Å². The Kier molecular flexibility index (Phi) is 6.90. The van der Waals surface area contributed by atoms with E-state index in [-0.39, 0.29) is 5.60 Å². The number of pyridine rings is 1. The third-order valence-corrected chi connectivity index (χ3v) is 11.9. The van der Waals surface area contributed by atoms with Gasteiger partial charge in [-0.1, -0.05) is 20.3 Å². The first-order valence-corrected chi connectivity index (χ1v) is 15.7. The minimum Gasteiger partial charge on any atom is -0.390 e. The molecule has 4 aliphatic rings. The number of nitrogens with one attached hydrogen (secondary N) is 1. The number of aryl methyl sites for hydroxylation is 2. The van der Waals surface area contributed by atoms with Gasteiger partial charge in [-0.25, -0.2) is 9.67 Å². The van der Waals surface area contributed by atoms with Gasteiger partial charge in [0, 0.05) is 12.2 Å². The Bertz CT molecular complexity index is 1140. The van der Waals surface area contributed by atoms with Gasteiger partial charge in [-0.15, -0.1) is 0 Å². The SMILES string of the molecule is CCC[C@@]1(O)CC[C@H]2[C@H](CC[C@@H]3[C@@H]2CC[C@]2(C)[C@@H](C(C)Nc4ccc(-n5ccc(C)n5)nc4C)CC[C@@H]32)C1. The molecule has 4 aliphatic carbocycles. The molecular formula is C33H50N4O. The fraction of sp³-hybridized carbons (Fsp3) is 0.758. The number of anilines is 1. The average Bonchev–Trinajstić information content (AvgIpc) is 3.47. The molecule has 2 aromatic heterocycles. The third kappa shape index (κ3) is 4.51. The maximum atomic E-state index is 11.2. The monoisotopic (exact) mass is 518 g/mol. The van der Waals surface area contributed by atoms with Gasteiger partial charge in [0.05, 0.1) is 22.7 Å². The Morgan fingerprint density at radius 3 is 2.58 bits per heavy atom. The maximum absolute atomic E-state index is 11.2. The van der Waals surface area contributed by atoms with Gasteiger partial charge in [0.2, 0.25) is 0 Å². The predicted molar refractivity (Wildman–Crippen MR) is 154 cm³/mol. The summed E-state index contributed by atoms with van der Waals surface area (Å²) in [5.41, 5.74) is 3.28. The number of hydrogen-bond acceptors (Lipinski definition) is 4. The normalized spacial score (nSPS) is 39.2. The number of fused-ring (bicyclic) bond motifs is 5. The molecule has 2 heterocycles. The lowest BCUT2D eigenvalue weighted by atomic mass is 9.48. The van der Waals surface area contributed by atoms with Gasteiger partial charge >= 0.3 is 0 Å². The zero-order chi connectivity index (χ0) is 26.7. The van der Waals surface area contributed by atoms with E-state index in [4.69, 9.17) is 4.98 Å². The Balaban J connectivity index is 1.13. The van der Waals surface area contributed by atoms with Crippen molar-refractivity contribution in [1.29, 1.82) is 0 Å². The summed E-state index contributed by atoms with van der Waals surface area (Å²) in [6, 6.07) is 6.74. The molecule has 0 amide bonds. The maximum Gasteiger partial charge on any atom is 0.153 e. The van der Waals surface area contributed by atoms with Crippen molar-refractivity contribution < 1.29 is 5.11 Å². The number of aliphatic hydroxyl groups is 1. The van der Waals surface area contributed by atoms with E-state index in [2.05, 4.69) is 50.2 Å². The third-order valence-electron chi connectivity index (χ3n) is 11.9. The van der Waals surface area contributed by atoms with Crippen LogP contribution >= 0.6 is 0 Å². The van der Waals surface area contributed by atoms with Crippen molar-refractivity contribution in [1.82, 2.24) is 14.8 Å².